The number of H-pyrrole nitrogens is 2. The molecular weight excluding hydrogens is 160 g/mol. The molecule has 0 saturated heterocycles. The Kier molecular flexibility index (Phi) is 2.41. The maximum absolute atomic E-state index is 5.62. The van der Waals surface area contributed by atoms with Crippen molar-refractivity contribution in [2.24, 2.45) is 5.73 Å². The number of nitrogens with two attached hydrogens (primary N) is 1. The molecule has 1 heterocycles. The van der Waals surface area contributed by atoms with Gasteiger partial charge in [0.05, 0.1) is 6.04 Å². The highest BCUT2D eigenvalue weighted by Gasteiger charge is 2.06. The van der Waals surface area contributed by atoms with Crippen LogP contribution in [0, 0.1) is 17.1 Å². The van der Waals surface area contributed by atoms with E-state index in [-0.39, 0.29) is 6.04 Å². The van der Waals surface area contributed by atoms with Gasteiger partial charge in [-0.3, -0.25) is 10.2 Å². The summed E-state index contributed by atoms with van der Waals surface area (Å²) < 4.78 is 0.396. The molecule has 0 aliphatic heterocycles. The van der Waals surface area contributed by atoms with E-state index in [4.69, 9.17) is 24.4 Å². The largest absolute Gasteiger partial charge is 0.321 e. The molecule has 58 valence electrons. The minimum atomic E-state index is -0.257. The molecule has 0 aliphatic rings. The molecule has 0 spiro atoms. The molecule has 1 rings (SSSR count). The van der Waals surface area contributed by atoms with Crippen LogP contribution in [0.5, 0.6) is 0 Å². The van der Waals surface area contributed by atoms with Crippen LogP contribution in [-0.4, -0.2) is 15.2 Å². The summed E-state index contributed by atoms with van der Waals surface area (Å²) in [5.41, 5.74) is 5.62. The molecule has 1 aromatic heterocycles. The van der Waals surface area contributed by atoms with Crippen LogP contribution in [0.2, 0.25) is 0 Å². The first kappa shape index (κ1) is 7.98. The fourth-order valence-corrected chi connectivity index (χ4v) is 0.831. The maximum Gasteiger partial charge on any atom is 0.213 e. The Bertz CT molecular complexity index is 318. The summed E-state index contributed by atoms with van der Waals surface area (Å²) in [6, 6.07) is -0.257. The third kappa shape index (κ3) is 1.90. The number of hydrogen-bond acceptors (Lipinski definition) is 3. The monoisotopic (exact) mass is 168 g/mol. The van der Waals surface area contributed by atoms with Crippen LogP contribution in [0.3, 0.4) is 0 Å². The lowest BCUT2D eigenvalue weighted by atomic mass is 10.2. The molecule has 0 saturated carbocycles. The zero-order chi connectivity index (χ0) is 8.27. The van der Waals surface area contributed by atoms with Crippen LogP contribution in [0.4, 0.5) is 0 Å². The number of aromatic amines is 2. The van der Waals surface area contributed by atoms with Gasteiger partial charge in [-0.25, -0.2) is 4.98 Å². The number of nitrogens with zero attached hydrogens (tertiary/aromatic N) is 1. The molecule has 11 heavy (non-hydrogen) atoms. The number of terminal acetylenes is 1. The summed E-state index contributed by atoms with van der Waals surface area (Å²) >= 11 is 4.73. The Morgan fingerprint density at radius 3 is 2.91 bits per heavy atom. The van der Waals surface area contributed by atoms with Crippen LogP contribution in [-0.2, 0) is 0 Å². The second-order valence-corrected chi connectivity index (χ2v) is 2.45. The first-order valence-electron chi connectivity index (χ1n) is 3.07. The molecule has 1 atom stereocenters. The van der Waals surface area contributed by atoms with Crippen LogP contribution in [0.25, 0.3) is 0 Å². The molecule has 0 aliphatic carbocycles. The van der Waals surface area contributed by atoms with Crippen molar-refractivity contribution in [3.8, 4) is 12.3 Å². The maximum atomic E-state index is 5.62. The topological polar surface area (TPSA) is 70.5 Å². The predicted molar refractivity (Wildman–Crippen MR) is 44.2 cm³/mol. The minimum Gasteiger partial charge on any atom is -0.321 e. The molecular formula is C6H8N4S. The van der Waals surface area contributed by atoms with E-state index in [1.54, 1.807) is 0 Å². The summed E-state index contributed by atoms with van der Waals surface area (Å²) in [5.74, 6) is 3.05. The van der Waals surface area contributed by atoms with Crippen molar-refractivity contribution in [3.05, 3.63) is 10.6 Å². The first-order chi connectivity index (χ1) is 5.24. The van der Waals surface area contributed by atoms with Gasteiger partial charge in [0.15, 0.2) is 0 Å². The van der Waals surface area contributed by atoms with E-state index in [1.807, 2.05) is 0 Å². The zero-order valence-corrected chi connectivity index (χ0v) is 6.61. The lowest BCUT2D eigenvalue weighted by Crippen LogP contribution is -2.10. The van der Waals surface area contributed by atoms with Gasteiger partial charge < -0.3 is 5.73 Å². The van der Waals surface area contributed by atoms with Gasteiger partial charge in [-0.15, -0.1) is 12.3 Å². The van der Waals surface area contributed by atoms with Crippen molar-refractivity contribution in [3.63, 3.8) is 0 Å². The molecule has 1 aromatic rings. The smallest absolute Gasteiger partial charge is 0.213 e. The molecule has 0 amide bonds. The van der Waals surface area contributed by atoms with Crippen molar-refractivity contribution in [1.29, 1.82) is 0 Å². The van der Waals surface area contributed by atoms with Crippen molar-refractivity contribution in [1.82, 2.24) is 15.2 Å². The number of hydrogen-bond donors (Lipinski definition) is 3. The highest BCUT2D eigenvalue weighted by molar-refractivity contribution is 7.71. The SMILES string of the molecule is C#CCC(N)c1nc(=S)[nH][nH]1. The number of nitrogens with one attached hydrogen (secondary N) is 2. The van der Waals surface area contributed by atoms with Gasteiger partial charge in [0.1, 0.15) is 5.82 Å². The van der Waals surface area contributed by atoms with Crippen LogP contribution < -0.4 is 5.73 Å². The van der Waals surface area contributed by atoms with Crippen molar-refractivity contribution in [2.45, 2.75) is 12.5 Å². The normalized spacial score (nSPS) is 12.4. The van der Waals surface area contributed by atoms with E-state index in [2.05, 4.69) is 21.1 Å². The second kappa shape index (κ2) is 3.32. The first-order valence-corrected chi connectivity index (χ1v) is 3.48. The molecule has 0 aromatic carbocycles. The second-order valence-electron chi connectivity index (χ2n) is 2.07. The lowest BCUT2D eigenvalue weighted by molar-refractivity contribution is 0.696. The third-order valence-corrected chi connectivity index (χ3v) is 1.40. The van der Waals surface area contributed by atoms with Crippen molar-refractivity contribution in [2.75, 3.05) is 0 Å². The number of rotatable bonds is 2. The van der Waals surface area contributed by atoms with Crippen molar-refractivity contribution >= 4 is 12.2 Å². The average molecular weight is 168 g/mol. The minimum absolute atomic E-state index is 0.257. The van der Waals surface area contributed by atoms with Crippen molar-refractivity contribution < 1.29 is 0 Å². The molecule has 1 unspecified atom stereocenters. The third-order valence-electron chi connectivity index (χ3n) is 1.21. The molecule has 4 N–H and O–H groups in total. The zero-order valence-electron chi connectivity index (χ0n) is 5.79. The fourth-order valence-electron chi connectivity index (χ4n) is 0.682. The van der Waals surface area contributed by atoms with Crippen LogP contribution in [0.1, 0.15) is 18.3 Å². The Morgan fingerprint density at radius 1 is 1.73 bits per heavy atom. The summed E-state index contributed by atoms with van der Waals surface area (Å²) in [5, 5.41) is 5.37. The predicted octanol–water partition coefficient (Wildman–Crippen LogP) is 0.490. The summed E-state index contributed by atoms with van der Waals surface area (Å²) in [7, 11) is 0. The molecule has 0 fully saturated rings. The van der Waals surface area contributed by atoms with E-state index < -0.39 is 0 Å². The molecule has 5 heteroatoms. The Morgan fingerprint density at radius 2 is 2.45 bits per heavy atom. The summed E-state index contributed by atoms with van der Waals surface area (Å²) in [6.07, 6.45) is 5.52. The molecule has 4 nitrogen and oxygen atoms in total. The summed E-state index contributed by atoms with van der Waals surface area (Å²) in [4.78, 5) is 3.91. The highest BCUT2D eigenvalue weighted by Crippen LogP contribution is 2.05. The standard InChI is InChI=1S/C6H8N4S/c1-2-3-4(7)5-8-6(11)10-9-5/h1,4H,3,7H2,(H2,8,9,10,11). The Balaban J connectivity index is 2.78. The van der Waals surface area contributed by atoms with E-state index in [1.165, 1.54) is 0 Å². The Labute approximate surface area is 69.2 Å². The molecule has 0 radical (unpaired) electrons. The van der Waals surface area contributed by atoms with E-state index >= 15 is 0 Å². The van der Waals surface area contributed by atoms with Crippen LogP contribution >= 0.6 is 12.2 Å². The average Bonchev–Trinajstić information content (AvgIpc) is 2.36. The lowest BCUT2D eigenvalue weighted by Gasteiger charge is -2.00. The fraction of sp³-hybridized carbons (Fsp3) is 0.333. The van der Waals surface area contributed by atoms with Gasteiger partial charge in [0.25, 0.3) is 0 Å². The van der Waals surface area contributed by atoms with E-state index in [9.17, 15) is 0 Å². The van der Waals surface area contributed by atoms with Gasteiger partial charge in [0, 0.05) is 6.42 Å². The van der Waals surface area contributed by atoms with Gasteiger partial charge in [-0.05, 0) is 12.2 Å². The van der Waals surface area contributed by atoms with Gasteiger partial charge in [-0.1, -0.05) is 0 Å². The van der Waals surface area contributed by atoms with E-state index in [0.29, 0.717) is 17.0 Å². The summed E-state index contributed by atoms with van der Waals surface area (Å²) in [6.45, 7) is 0. The van der Waals surface area contributed by atoms with Gasteiger partial charge in [0.2, 0.25) is 4.77 Å². The quantitative estimate of drug-likeness (QED) is 0.444. The van der Waals surface area contributed by atoms with Gasteiger partial charge in [-0.2, -0.15) is 0 Å². The van der Waals surface area contributed by atoms with E-state index in [0.717, 1.165) is 0 Å². The van der Waals surface area contributed by atoms with Gasteiger partial charge >= 0.3 is 0 Å². The van der Waals surface area contributed by atoms with Crippen LogP contribution in [0.15, 0.2) is 0 Å². The highest BCUT2D eigenvalue weighted by atomic mass is 32.1. The number of aromatic nitrogens is 3. The Hall–Kier alpha value is -1.12. The molecule has 0 bridgehead atoms.